The first-order valence-electron chi connectivity index (χ1n) is 12.3. The lowest BCUT2D eigenvalue weighted by molar-refractivity contribution is -0.114. The highest BCUT2D eigenvalue weighted by Crippen LogP contribution is 2.69. The fraction of sp³-hybridized carbons (Fsp3) is 0.607. The number of ether oxygens (including phenoxy) is 2. The molecule has 5 atom stereocenters. The van der Waals surface area contributed by atoms with Gasteiger partial charge in [-0.15, -0.1) is 0 Å². The Morgan fingerprint density at radius 1 is 1.06 bits per heavy atom. The Labute approximate surface area is 185 Å². The standard InChI is InChI=1S/C28H34O3/c1-27-17-24(18-4-8-21(30-2)9-5-18)26-22-11-7-20(29)16-19(22)6-10-23(26)25(27)12-14-28(27)13-3-15-31-28/h4-5,8-9,16,23-25H,3,6-7,10-15,17H2,1-2H3/t23-,24+,25-,27-,28-/m0/s1. The van der Waals surface area contributed by atoms with Crippen LogP contribution in [-0.2, 0) is 9.53 Å². The van der Waals surface area contributed by atoms with Crippen LogP contribution >= 0.6 is 0 Å². The summed E-state index contributed by atoms with van der Waals surface area (Å²) in [6.07, 6.45) is 12.0. The van der Waals surface area contributed by atoms with Crippen LogP contribution in [-0.4, -0.2) is 25.1 Å². The predicted octanol–water partition coefficient (Wildman–Crippen LogP) is 6.14. The lowest BCUT2D eigenvalue weighted by atomic mass is 9.51. The third-order valence-corrected chi connectivity index (χ3v) is 9.65. The molecule has 3 fully saturated rings. The first-order valence-corrected chi connectivity index (χ1v) is 12.3. The van der Waals surface area contributed by atoms with Gasteiger partial charge >= 0.3 is 0 Å². The molecule has 0 bridgehead atoms. The lowest BCUT2D eigenvalue weighted by Gasteiger charge is -2.55. The summed E-state index contributed by atoms with van der Waals surface area (Å²) < 4.78 is 12.1. The van der Waals surface area contributed by atoms with Gasteiger partial charge in [0.1, 0.15) is 5.75 Å². The molecule has 3 heteroatoms. The average molecular weight is 419 g/mol. The molecule has 0 unspecified atom stereocenters. The molecule has 3 nitrogen and oxygen atoms in total. The van der Waals surface area contributed by atoms with Gasteiger partial charge in [0.2, 0.25) is 0 Å². The summed E-state index contributed by atoms with van der Waals surface area (Å²) in [6.45, 7) is 3.49. The van der Waals surface area contributed by atoms with Gasteiger partial charge in [-0.25, -0.2) is 0 Å². The summed E-state index contributed by atoms with van der Waals surface area (Å²) in [7, 11) is 1.73. The van der Waals surface area contributed by atoms with Crippen LogP contribution in [0, 0.1) is 17.3 Å². The van der Waals surface area contributed by atoms with Crippen molar-refractivity contribution in [1.29, 1.82) is 0 Å². The van der Waals surface area contributed by atoms with Crippen molar-refractivity contribution >= 4 is 5.78 Å². The fourth-order valence-electron chi connectivity index (χ4n) is 8.22. The second kappa shape index (κ2) is 7.07. The molecule has 5 aliphatic rings. The number of ketones is 1. The van der Waals surface area contributed by atoms with Crippen LogP contribution < -0.4 is 4.74 Å². The van der Waals surface area contributed by atoms with Crippen molar-refractivity contribution in [2.24, 2.45) is 17.3 Å². The molecule has 0 N–H and O–H groups in total. The highest BCUT2D eigenvalue weighted by atomic mass is 16.5. The number of carbonyl (C=O) groups is 1. The van der Waals surface area contributed by atoms with Crippen molar-refractivity contribution in [3.8, 4) is 5.75 Å². The van der Waals surface area contributed by atoms with Crippen LogP contribution in [0.15, 0.2) is 47.1 Å². The lowest BCUT2D eigenvalue weighted by Crippen LogP contribution is -2.51. The zero-order valence-electron chi connectivity index (χ0n) is 18.9. The first kappa shape index (κ1) is 19.8. The Bertz CT molecular complexity index is 962. The molecule has 2 saturated carbocycles. The average Bonchev–Trinajstić information content (AvgIpc) is 3.39. The molecule has 31 heavy (non-hydrogen) atoms. The van der Waals surface area contributed by atoms with E-state index in [0.29, 0.717) is 30.0 Å². The highest BCUT2D eigenvalue weighted by Gasteiger charge is 2.64. The molecular formula is C28H34O3. The van der Waals surface area contributed by atoms with E-state index < -0.39 is 0 Å². The maximum absolute atomic E-state index is 12.2. The van der Waals surface area contributed by atoms with E-state index in [9.17, 15) is 4.79 Å². The van der Waals surface area contributed by atoms with Crippen LogP contribution in [0.1, 0.15) is 76.2 Å². The summed E-state index contributed by atoms with van der Waals surface area (Å²) >= 11 is 0. The van der Waals surface area contributed by atoms with Gasteiger partial charge in [-0.3, -0.25) is 4.79 Å². The Kier molecular flexibility index (Phi) is 4.51. The Balaban J connectivity index is 1.51. The Morgan fingerprint density at radius 2 is 1.90 bits per heavy atom. The molecule has 0 amide bonds. The Morgan fingerprint density at radius 3 is 2.65 bits per heavy atom. The van der Waals surface area contributed by atoms with Crippen LogP contribution in [0.25, 0.3) is 0 Å². The van der Waals surface area contributed by atoms with Crippen molar-refractivity contribution in [3.05, 3.63) is 52.6 Å². The summed E-state index contributed by atoms with van der Waals surface area (Å²) in [4.78, 5) is 12.2. The minimum atomic E-state index is 0.0806. The third-order valence-electron chi connectivity index (χ3n) is 9.65. The number of methoxy groups -OCH3 is 1. The highest BCUT2D eigenvalue weighted by molar-refractivity contribution is 5.93. The number of carbonyl (C=O) groups excluding carboxylic acids is 1. The fourth-order valence-corrected chi connectivity index (χ4v) is 8.22. The van der Waals surface area contributed by atoms with Crippen molar-refractivity contribution in [2.45, 2.75) is 76.2 Å². The van der Waals surface area contributed by atoms with Crippen molar-refractivity contribution in [3.63, 3.8) is 0 Å². The minimum Gasteiger partial charge on any atom is -0.497 e. The summed E-state index contributed by atoms with van der Waals surface area (Å²) in [6, 6.07) is 8.79. The predicted molar refractivity (Wildman–Crippen MR) is 121 cm³/mol. The molecule has 1 spiro atoms. The van der Waals surface area contributed by atoms with Crippen molar-refractivity contribution in [2.75, 3.05) is 13.7 Å². The number of hydrogen-bond acceptors (Lipinski definition) is 3. The van der Waals surface area contributed by atoms with E-state index in [4.69, 9.17) is 9.47 Å². The molecule has 0 radical (unpaired) electrons. The van der Waals surface area contributed by atoms with Crippen molar-refractivity contribution < 1.29 is 14.3 Å². The van der Waals surface area contributed by atoms with E-state index in [2.05, 4.69) is 31.2 Å². The molecular weight excluding hydrogens is 384 g/mol. The summed E-state index contributed by atoms with van der Waals surface area (Å²) in [5.41, 5.74) is 6.27. The zero-order valence-corrected chi connectivity index (χ0v) is 18.9. The number of benzene rings is 1. The van der Waals surface area contributed by atoms with E-state index in [1.807, 2.05) is 6.08 Å². The quantitative estimate of drug-likeness (QED) is 0.578. The smallest absolute Gasteiger partial charge is 0.156 e. The summed E-state index contributed by atoms with van der Waals surface area (Å²) in [5, 5.41) is 0. The molecule has 1 heterocycles. The maximum Gasteiger partial charge on any atom is 0.156 e. The maximum atomic E-state index is 12.2. The van der Waals surface area contributed by atoms with Crippen LogP contribution in [0.3, 0.4) is 0 Å². The number of rotatable bonds is 2. The van der Waals surface area contributed by atoms with Crippen LogP contribution in [0.2, 0.25) is 0 Å². The monoisotopic (exact) mass is 418 g/mol. The van der Waals surface area contributed by atoms with Gasteiger partial charge in [0, 0.05) is 24.4 Å². The van der Waals surface area contributed by atoms with Crippen LogP contribution in [0.5, 0.6) is 5.75 Å². The SMILES string of the molecule is COc1ccc([C@H]2C[C@@]3(C)[C@@H](CC[C@@]34CCCO4)[C@@H]3CCC4=CC(=O)CCC4=C32)cc1. The van der Waals surface area contributed by atoms with E-state index in [0.717, 1.165) is 25.2 Å². The number of hydrogen-bond donors (Lipinski definition) is 0. The third kappa shape index (κ3) is 2.78. The van der Waals surface area contributed by atoms with Gasteiger partial charge in [-0.05, 0) is 98.1 Å². The van der Waals surface area contributed by atoms with E-state index >= 15 is 0 Å². The molecule has 0 aromatic heterocycles. The zero-order chi connectivity index (χ0) is 21.2. The van der Waals surface area contributed by atoms with Gasteiger partial charge in [0.25, 0.3) is 0 Å². The topological polar surface area (TPSA) is 35.5 Å². The number of fused-ring (bicyclic) bond motifs is 5. The molecule has 1 aliphatic heterocycles. The van der Waals surface area contributed by atoms with Gasteiger partial charge < -0.3 is 9.47 Å². The molecule has 6 rings (SSSR count). The Hall–Kier alpha value is -1.87. The van der Waals surface area contributed by atoms with Crippen LogP contribution in [0.4, 0.5) is 0 Å². The second-order valence-corrected chi connectivity index (χ2v) is 10.8. The molecule has 164 valence electrons. The second-order valence-electron chi connectivity index (χ2n) is 10.8. The molecule has 1 saturated heterocycles. The summed E-state index contributed by atoms with van der Waals surface area (Å²) in [5.74, 6) is 3.00. The van der Waals surface area contributed by atoms with Gasteiger partial charge in [0.15, 0.2) is 5.78 Å². The van der Waals surface area contributed by atoms with Gasteiger partial charge in [-0.1, -0.05) is 24.6 Å². The minimum absolute atomic E-state index is 0.0806. The largest absolute Gasteiger partial charge is 0.497 e. The molecule has 1 aromatic carbocycles. The van der Waals surface area contributed by atoms with Gasteiger partial charge in [0.05, 0.1) is 12.7 Å². The van der Waals surface area contributed by atoms with Gasteiger partial charge in [-0.2, -0.15) is 0 Å². The molecule has 1 aromatic rings. The van der Waals surface area contributed by atoms with Crippen molar-refractivity contribution in [1.82, 2.24) is 0 Å². The van der Waals surface area contributed by atoms with E-state index in [1.165, 1.54) is 55.2 Å². The molecule has 4 aliphatic carbocycles. The van der Waals surface area contributed by atoms with E-state index in [-0.39, 0.29) is 11.0 Å². The first-order chi connectivity index (χ1) is 15.0. The number of allylic oxidation sites excluding steroid dienone is 4. The normalized spacial score (nSPS) is 39.2. The van der Waals surface area contributed by atoms with E-state index in [1.54, 1.807) is 12.7 Å².